The molecule has 0 atom stereocenters. The number of nitrogens with zero attached hydrogens (tertiary/aromatic N) is 4. The molecule has 8 heteroatoms. The molecule has 0 radical (unpaired) electrons. The molecule has 0 bridgehead atoms. The van der Waals surface area contributed by atoms with E-state index in [-0.39, 0.29) is 29.8 Å². The van der Waals surface area contributed by atoms with E-state index < -0.39 is 0 Å². The van der Waals surface area contributed by atoms with Crippen molar-refractivity contribution in [3.05, 3.63) is 78.4 Å². The maximum absolute atomic E-state index is 14.2. The van der Waals surface area contributed by atoms with E-state index in [1.54, 1.807) is 35.6 Å². The molecule has 0 unspecified atom stereocenters. The van der Waals surface area contributed by atoms with Crippen molar-refractivity contribution in [2.45, 2.75) is 13.0 Å². The van der Waals surface area contributed by atoms with Gasteiger partial charge in [0.2, 0.25) is 0 Å². The van der Waals surface area contributed by atoms with Gasteiger partial charge in [-0.1, -0.05) is 12.1 Å². The molecule has 0 amide bonds. The second kappa shape index (κ2) is 9.85. The summed E-state index contributed by atoms with van der Waals surface area (Å²) in [4.78, 5) is 12.4. The van der Waals surface area contributed by atoms with Gasteiger partial charge in [0.15, 0.2) is 5.96 Å². The number of hydrogen-bond donors (Lipinski definition) is 2. The number of rotatable bonds is 6. The molecule has 2 aromatic heterocycles. The van der Waals surface area contributed by atoms with Crippen molar-refractivity contribution in [3.63, 3.8) is 0 Å². The summed E-state index contributed by atoms with van der Waals surface area (Å²) in [6, 6.07) is 10.8. The molecule has 2 heterocycles. The topological polar surface area (TPSA) is 81.1 Å². The van der Waals surface area contributed by atoms with Crippen LogP contribution in [0, 0.1) is 5.82 Å². The molecule has 0 aliphatic rings. The number of aromatic nitrogens is 3. The Kier molecular flexibility index (Phi) is 7.52. The first-order valence-corrected chi connectivity index (χ1v) is 7.93. The Hall–Kier alpha value is -2.49. The van der Waals surface area contributed by atoms with Gasteiger partial charge in [-0.15, -0.1) is 24.0 Å². The van der Waals surface area contributed by atoms with Crippen LogP contribution in [0.1, 0.15) is 11.3 Å². The summed E-state index contributed by atoms with van der Waals surface area (Å²) in [6.07, 6.45) is 7.37. The highest BCUT2D eigenvalue weighted by atomic mass is 127. The lowest BCUT2D eigenvalue weighted by atomic mass is 10.2. The highest BCUT2D eigenvalue weighted by molar-refractivity contribution is 14.0. The molecule has 0 aliphatic heterocycles. The molecule has 3 rings (SSSR count). The number of halogens is 2. The second-order valence-electron chi connectivity index (χ2n) is 5.46. The lowest BCUT2D eigenvalue weighted by Gasteiger charge is -2.07. The SMILES string of the molecule is I.NC(=NCc1ccc(-n2ccnc2)c(F)c1)NCCc1ccccn1. The number of nitrogens with one attached hydrogen (secondary N) is 1. The minimum atomic E-state index is -0.326. The van der Waals surface area contributed by atoms with Crippen molar-refractivity contribution in [3.8, 4) is 5.69 Å². The summed E-state index contributed by atoms with van der Waals surface area (Å²) in [5, 5.41) is 3.03. The average Bonchev–Trinajstić information content (AvgIpc) is 3.15. The number of aliphatic imine (C=N–C) groups is 1. The molecule has 1 aromatic carbocycles. The Labute approximate surface area is 168 Å². The Morgan fingerprint density at radius 3 is 2.81 bits per heavy atom. The highest BCUT2D eigenvalue weighted by Crippen LogP contribution is 2.15. The highest BCUT2D eigenvalue weighted by Gasteiger charge is 2.05. The Balaban J connectivity index is 0.00000243. The number of pyridine rings is 1. The van der Waals surface area contributed by atoms with Crippen LogP contribution in [-0.2, 0) is 13.0 Å². The van der Waals surface area contributed by atoms with Crippen LogP contribution < -0.4 is 11.1 Å². The maximum atomic E-state index is 14.2. The minimum Gasteiger partial charge on any atom is -0.370 e. The molecule has 3 aromatic rings. The van der Waals surface area contributed by atoms with Crippen molar-refractivity contribution < 1.29 is 4.39 Å². The molecule has 136 valence electrons. The third-order valence-corrected chi connectivity index (χ3v) is 3.64. The third kappa shape index (κ3) is 5.51. The summed E-state index contributed by atoms with van der Waals surface area (Å²) in [5.74, 6) is 0.00223. The Morgan fingerprint density at radius 1 is 1.23 bits per heavy atom. The number of guanidine groups is 1. The standard InChI is InChI=1S/C18H19FN6.HI/c19-16-11-14(4-5-17(16)25-10-9-21-13-25)12-24-18(20)23-8-6-15-3-1-2-7-22-15;/h1-5,7,9-11,13H,6,8,12H2,(H3,20,23,24);1H. The lowest BCUT2D eigenvalue weighted by Crippen LogP contribution is -2.33. The van der Waals surface area contributed by atoms with Gasteiger partial charge in [-0.2, -0.15) is 0 Å². The van der Waals surface area contributed by atoms with E-state index in [9.17, 15) is 4.39 Å². The summed E-state index contributed by atoms with van der Waals surface area (Å²) in [7, 11) is 0. The smallest absolute Gasteiger partial charge is 0.188 e. The molecule has 3 N–H and O–H groups in total. The van der Waals surface area contributed by atoms with E-state index in [1.165, 1.54) is 6.07 Å². The van der Waals surface area contributed by atoms with E-state index in [0.29, 0.717) is 24.7 Å². The quantitative estimate of drug-likeness (QED) is 0.333. The van der Waals surface area contributed by atoms with Gasteiger partial charge < -0.3 is 15.6 Å². The van der Waals surface area contributed by atoms with Gasteiger partial charge in [-0.3, -0.25) is 4.98 Å². The van der Waals surface area contributed by atoms with Gasteiger partial charge in [0.25, 0.3) is 0 Å². The van der Waals surface area contributed by atoms with Gasteiger partial charge >= 0.3 is 0 Å². The van der Waals surface area contributed by atoms with Crippen LogP contribution in [0.5, 0.6) is 0 Å². The van der Waals surface area contributed by atoms with Crippen LogP contribution in [0.4, 0.5) is 4.39 Å². The van der Waals surface area contributed by atoms with E-state index in [1.807, 2.05) is 24.3 Å². The zero-order chi connectivity index (χ0) is 17.5. The van der Waals surface area contributed by atoms with Crippen LogP contribution in [-0.4, -0.2) is 27.0 Å². The molecular weight excluding hydrogens is 446 g/mol. The zero-order valence-electron chi connectivity index (χ0n) is 14.0. The molecule has 0 spiro atoms. The number of benzene rings is 1. The molecule has 26 heavy (non-hydrogen) atoms. The molecule has 0 saturated heterocycles. The minimum absolute atomic E-state index is 0. The van der Waals surface area contributed by atoms with Crippen molar-refractivity contribution in [2.75, 3.05) is 6.54 Å². The van der Waals surface area contributed by atoms with Crippen molar-refractivity contribution >= 4 is 29.9 Å². The molecule has 0 fully saturated rings. The first kappa shape index (κ1) is 19.8. The van der Waals surface area contributed by atoms with Crippen LogP contribution in [0.15, 0.2) is 66.3 Å². The summed E-state index contributed by atoms with van der Waals surface area (Å²) < 4.78 is 15.8. The van der Waals surface area contributed by atoms with E-state index in [2.05, 4.69) is 20.3 Å². The van der Waals surface area contributed by atoms with Crippen LogP contribution in [0.3, 0.4) is 0 Å². The largest absolute Gasteiger partial charge is 0.370 e. The van der Waals surface area contributed by atoms with E-state index >= 15 is 0 Å². The monoisotopic (exact) mass is 466 g/mol. The predicted octanol–water partition coefficient (Wildman–Crippen LogP) is 2.67. The Bertz CT molecular complexity index is 836. The summed E-state index contributed by atoms with van der Waals surface area (Å²) in [6.45, 7) is 0.948. The number of imidazole rings is 1. The maximum Gasteiger partial charge on any atom is 0.188 e. The first-order valence-electron chi connectivity index (χ1n) is 7.93. The molecule has 0 aliphatic carbocycles. The van der Waals surface area contributed by atoms with Gasteiger partial charge in [0, 0.05) is 37.3 Å². The number of nitrogens with two attached hydrogens (primary N) is 1. The van der Waals surface area contributed by atoms with E-state index in [0.717, 1.165) is 17.7 Å². The fourth-order valence-corrected chi connectivity index (χ4v) is 2.36. The first-order chi connectivity index (χ1) is 12.2. The zero-order valence-corrected chi connectivity index (χ0v) is 16.4. The van der Waals surface area contributed by atoms with Crippen molar-refractivity contribution in [1.82, 2.24) is 19.9 Å². The van der Waals surface area contributed by atoms with Gasteiger partial charge in [0.05, 0.1) is 18.6 Å². The van der Waals surface area contributed by atoms with Crippen LogP contribution in [0.2, 0.25) is 0 Å². The van der Waals surface area contributed by atoms with Crippen LogP contribution >= 0.6 is 24.0 Å². The molecule has 6 nitrogen and oxygen atoms in total. The second-order valence-corrected chi connectivity index (χ2v) is 5.46. The molecule has 0 saturated carbocycles. The third-order valence-electron chi connectivity index (χ3n) is 3.64. The Morgan fingerprint density at radius 2 is 2.12 bits per heavy atom. The van der Waals surface area contributed by atoms with Crippen molar-refractivity contribution in [2.24, 2.45) is 10.7 Å². The molecular formula is C18H20FIN6. The fraction of sp³-hybridized carbons (Fsp3) is 0.167. The summed E-state index contributed by atoms with van der Waals surface area (Å²) in [5.41, 5.74) is 8.03. The predicted molar refractivity (Wildman–Crippen MR) is 110 cm³/mol. The fourth-order valence-electron chi connectivity index (χ4n) is 2.36. The van der Waals surface area contributed by atoms with Gasteiger partial charge in [-0.05, 0) is 29.8 Å². The van der Waals surface area contributed by atoms with Gasteiger partial charge in [0.1, 0.15) is 5.82 Å². The van der Waals surface area contributed by atoms with Crippen LogP contribution in [0.25, 0.3) is 5.69 Å². The lowest BCUT2D eigenvalue weighted by molar-refractivity contribution is 0.615. The van der Waals surface area contributed by atoms with Gasteiger partial charge in [-0.25, -0.2) is 14.4 Å². The normalized spacial score (nSPS) is 11.0. The average molecular weight is 466 g/mol. The summed E-state index contributed by atoms with van der Waals surface area (Å²) >= 11 is 0. The van der Waals surface area contributed by atoms with E-state index in [4.69, 9.17) is 5.73 Å². The number of hydrogen-bond acceptors (Lipinski definition) is 3. The van der Waals surface area contributed by atoms with Crippen molar-refractivity contribution in [1.29, 1.82) is 0 Å².